The summed E-state index contributed by atoms with van der Waals surface area (Å²) >= 11 is 0. The first-order valence-electron chi connectivity index (χ1n) is 6.10. The van der Waals surface area contributed by atoms with Crippen molar-refractivity contribution in [3.05, 3.63) is 35.4 Å². The fourth-order valence-corrected chi connectivity index (χ4v) is 1.91. The molecule has 0 aliphatic rings. The van der Waals surface area contributed by atoms with Gasteiger partial charge in [0.25, 0.3) is 0 Å². The maximum absolute atomic E-state index is 11.0. The van der Waals surface area contributed by atoms with Crippen molar-refractivity contribution in [1.82, 2.24) is 0 Å². The zero-order valence-electron chi connectivity index (χ0n) is 11.2. The second kappa shape index (κ2) is 6.27. The van der Waals surface area contributed by atoms with Gasteiger partial charge in [-0.2, -0.15) is 4.99 Å². The van der Waals surface area contributed by atoms with Crippen molar-refractivity contribution in [2.75, 3.05) is 0 Å². The molecule has 0 unspecified atom stereocenters. The van der Waals surface area contributed by atoms with Crippen LogP contribution in [0.2, 0.25) is 0 Å². The molecule has 3 heteroatoms. The quantitative estimate of drug-likeness (QED) is 0.571. The molecule has 3 nitrogen and oxygen atoms in total. The molecule has 0 bridgehead atoms. The number of carbonyl (C=O) groups excluding carboxylic acids is 2. The van der Waals surface area contributed by atoms with Crippen LogP contribution in [-0.2, 0) is 22.4 Å². The predicted molar refractivity (Wildman–Crippen MR) is 71.3 cm³/mol. The zero-order chi connectivity index (χ0) is 13.6. The van der Waals surface area contributed by atoms with Gasteiger partial charge in [0.1, 0.15) is 5.78 Å². The highest BCUT2D eigenvalue weighted by Gasteiger charge is 2.18. The Labute approximate surface area is 108 Å². The Morgan fingerprint density at radius 2 is 1.89 bits per heavy atom. The third kappa shape index (κ3) is 4.64. The van der Waals surface area contributed by atoms with E-state index in [1.54, 1.807) is 13.0 Å². The van der Waals surface area contributed by atoms with Gasteiger partial charge in [0.15, 0.2) is 0 Å². The third-order valence-corrected chi connectivity index (χ3v) is 2.84. The Morgan fingerprint density at radius 3 is 2.44 bits per heavy atom. The van der Waals surface area contributed by atoms with E-state index in [1.165, 1.54) is 0 Å². The summed E-state index contributed by atoms with van der Waals surface area (Å²) in [7, 11) is 0. The number of nitrogens with zero attached hydrogens (tertiary/aromatic N) is 1. The lowest BCUT2D eigenvalue weighted by atomic mass is 9.91. The van der Waals surface area contributed by atoms with Gasteiger partial charge in [0.2, 0.25) is 6.08 Å². The van der Waals surface area contributed by atoms with Gasteiger partial charge in [-0.25, -0.2) is 4.79 Å². The molecule has 0 aromatic heterocycles. The van der Waals surface area contributed by atoms with Gasteiger partial charge in [-0.15, -0.1) is 0 Å². The van der Waals surface area contributed by atoms with Gasteiger partial charge in [0.05, 0.1) is 5.54 Å². The first kappa shape index (κ1) is 14.3. The highest BCUT2D eigenvalue weighted by atomic mass is 16.1. The van der Waals surface area contributed by atoms with Crippen molar-refractivity contribution in [2.45, 2.75) is 45.6 Å². The van der Waals surface area contributed by atoms with E-state index in [9.17, 15) is 9.59 Å². The van der Waals surface area contributed by atoms with Crippen molar-refractivity contribution in [3.8, 4) is 0 Å². The maximum Gasteiger partial charge on any atom is 0.235 e. The first-order valence-corrected chi connectivity index (χ1v) is 6.10. The largest absolute Gasteiger partial charge is 0.300 e. The molecule has 0 aliphatic carbocycles. The predicted octanol–water partition coefficient (Wildman–Crippen LogP) is 2.87. The Morgan fingerprint density at radius 1 is 1.28 bits per heavy atom. The molecule has 0 aliphatic heterocycles. The standard InChI is InChI=1S/C15H19NO2/c1-12(18)8-9-13-6-4-5-7-14(13)10-15(2,3)16-11-17/h4-7H,8-10H2,1-3H3. The fourth-order valence-electron chi connectivity index (χ4n) is 1.91. The van der Waals surface area contributed by atoms with Crippen LogP contribution in [0.4, 0.5) is 0 Å². The molecule has 0 N–H and O–H groups in total. The number of aryl methyl sites for hydroxylation is 1. The van der Waals surface area contributed by atoms with E-state index in [0.29, 0.717) is 12.8 Å². The highest BCUT2D eigenvalue weighted by molar-refractivity contribution is 5.75. The lowest BCUT2D eigenvalue weighted by Crippen LogP contribution is -2.20. The van der Waals surface area contributed by atoms with Crippen LogP contribution in [0.25, 0.3) is 0 Å². The second-order valence-electron chi connectivity index (χ2n) is 5.16. The SMILES string of the molecule is CC(=O)CCc1ccccc1CC(C)(C)N=C=O. The molecular weight excluding hydrogens is 226 g/mol. The van der Waals surface area contributed by atoms with E-state index >= 15 is 0 Å². The average Bonchev–Trinajstić information content (AvgIpc) is 2.27. The van der Waals surface area contributed by atoms with Gasteiger partial charge in [-0.3, -0.25) is 0 Å². The Bertz CT molecular complexity index is 471. The highest BCUT2D eigenvalue weighted by Crippen LogP contribution is 2.20. The molecule has 0 amide bonds. The zero-order valence-corrected chi connectivity index (χ0v) is 11.2. The molecule has 0 saturated heterocycles. The summed E-state index contributed by atoms with van der Waals surface area (Å²) in [6.07, 6.45) is 3.59. The van der Waals surface area contributed by atoms with Crippen molar-refractivity contribution in [3.63, 3.8) is 0 Å². The van der Waals surface area contributed by atoms with Crippen LogP contribution in [0.15, 0.2) is 29.3 Å². The topological polar surface area (TPSA) is 46.5 Å². The summed E-state index contributed by atoms with van der Waals surface area (Å²) in [5, 5.41) is 0. The van der Waals surface area contributed by atoms with Crippen LogP contribution in [-0.4, -0.2) is 17.4 Å². The monoisotopic (exact) mass is 245 g/mol. The summed E-state index contributed by atoms with van der Waals surface area (Å²) in [4.78, 5) is 25.2. The molecule has 0 atom stereocenters. The first-order chi connectivity index (χ1) is 8.44. The molecule has 1 rings (SSSR count). The number of rotatable bonds is 6. The van der Waals surface area contributed by atoms with Crippen LogP contribution in [0.1, 0.15) is 38.3 Å². The van der Waals surface area contributed by atoms with Gasteiger partial charge < -0.3 is 4.79 Å². The number of hydrogen-bond donors (Lipinski definition) is 0. The molecular formula is C15H19NO2. The number of hydrogen-bond acceptors (Lipinski definition) is 3. The minimum absolute atomic E-state index is 0.190. The van der Waals surface area contributed by atoms with E-state index in [2.05, 4.69) is 4.99 Å². The molecule has 1 aromatic carbocycles. The normalized spacial score (nSPS) is 10.8. The number of aliphatic imine (C=N–C) groups is 1. The van der Waals surface area contributed by atoms with Crippen molar-refractivity contribution < 1.29 is 9.59 Å². The van der Waals surface area contributed by atoms with Gasteiger partial charge in [-0.1, -0.05) is 24.3 Å². The van der Waals surface area contributed by atoms with Crippen LogP contribution >= 0.6 is 0 Å². The number of benzene rings is 1. The Hall–Kier alpha value is -1.73. The van der Waals surface area contributed by atoms with Crippen molar-refractivity contribution >= 4 is 11.9 Å². The third-order valence-electron chi connectivity index (χ3n) is 2.84. The Balaban J connectivity index is 2.88. The van der Waals surface area contributed by atoms with Crippen LogP contribution in [0.5, 0.6) is 0 Å². The van der Waals surface area contributed by atoms with Gasteiger partial charge >= 0.3 is 0 Å². The lowest BCUT2D eigenvalue weighted by Gasteiger charge is -2.19. The minimum Gasteiger partial charge on any atom is -0.300 e. The summed E-state index contributed by atoms with van der Waals surface area (Å²) in [6.45, 7) is 5.41. The minimum atomic E-state index is -0.450. The molecule has 96 valence electrons. The number of isocyanates is 1. The van der Waals surface area contributed by atoms with Crippen molar-refractivity contribution in [1.29, 1.82) is 0 Å². The summed E-state index contributed by atoms with van der Waals surface area (Å²) in [6, 6.07) is 7.98. The van der Waals surface area contributed by atoms with E-state index < -0.39 is 5.54 Å². The molecule has 0 saturated carbocycles. The molecule has 1 aromatic rings. The van der Waals surface area contributed by atoms with Crippen LogP contribution < -0.4 is 0 Å². The summed E-state index contributed by atoms with van der Waals surface area (Å²) in [5.41, 5.74) is 1.85. The number of ketones is 1. The summed E-state index contributed by atoms with van der Waals surface area (Å²) in [5.74, 6) is 0.190. The molecule has 0 fully saturated rings. The van der Waals surface area contributed by atoms with E-state index in [1.807, 2.05) is 38.1 Å². The number of Topliss-reactive ketones (excluding diaryl/α,β-unsaturated/α-hetero) is 1. The summed E-state index contributed by atoms with van der Waals surface area (Å²) < 4.78 is 0. The molecule has 0 heterocycles. The fraction of sp³-hybridized carbons (Fsp3) is 0.467. The average molecular weight is 245 g/mol. The van der Waals surface area contributed by atoms with Gasteiger partial charge in [0, 0.05) is 6.42 Å². The maximum atomic E-state index is 11.0. The van der Waals surface area contributed by atoms with Gasteiger partial charge in [-0.05, 0) is 44.7 Å². The van der Waals surface area contributed by atoms with Crippen molar-refractivity contribution in [2.24, 2.45) is 4.99 Å². The molecule has 0 radical (unpaired) electrons. The van der Waals surface area contributed by atoms with E-state index in [4.69, 9.17) is 0 Å². The Kier molecular flexibility index (Phi) is 4.99. The molecule has 18 heavy (non-hydrogen) atoms. The van der Waals surface area contributed by atoms with E-state index in [-0.39, 0.29) is 5.78 Å². The smallest absolute Gasteiger partial charge is 0.235 e. The van der Waals surface area contributed by atoms with Crippen LogP contribution in [0.3, 0.4) is 0 Å². The van der Waals surface area contributed by atoms with Crippen LogP contribution in [0, 0.1) is 0 Å². The molecule has 0 spiro atoms. The second-order valence-corrected chi connectivity index (χ2v) is 5.16. The lowest BCUT2D eigenvalue weighted by molar-refractivity contribution is -0.116. The number of carbonyl (C=O) groups is 1. The van der Waals surface area contributed by atoms with E-state index in [0.717, 1.165) is 17.5 Å².